The van der Waals surface area contributed by atoms with E-state index in [1.165, 1.54) is 0 Å². The summed E-state index contributed by atoms with van der Waals surface area (Å²) in [7, 11) is 0. The normalized spacial score (nSPS) is 11.2. The van der Waals surface area contributed by atoms with Crippen molar-refractivity contribution in [3.8, 4) is 11.4 Å². The zero-order chi connectivity index (χ0) is 14.8. The summed E-state index contributed by atoms with van der Waals surface area (Å²) in [5, 5.41) is 0.747. The summed E-state index contributed by atoms with van der Waals surface area (Å²) < 4.78 is 2.20. The van der Waals surface area contributed by atoms with Crippen LogP contribution in [0.3, 0.4) is 0 Å². The number of aromatic nitrogens is 2. The summed E-state index contributed by atoms with van der Waals surface area (Å²) >= 11 is 12.2. The molecule has 0 saturated heterocycles. The number of para-hydroxylation sites is 1. The van der Waals surface area contributed by atoms with Crippen LogP contribution in [0.5, 0.6) is 0 Å². The van der Waals surface area contributed by atoms with E-state index in [9.17, 15) is 0 Å². The van der Waals surface area contributed by atoms with E-state index in [1.54, 1.807) is 0 Å². The van der Waals surface area contributed by atoms with E-state index in [1.807, 2.05) is 30.3 Å². The van der Waals surface area contributed by atoms with Crippen LogP contribution >= 0.6 is 23.2 Å². The molecule has 3 aromatic rings. The molecule has 3 rings (SSSR count). The number of halogens is 2. The molecule has 0 saturated carbocycles. The largest absolute Gasteiger partial charge is 0.323 e. The smallest absolute Gasteiger partial charge is 0.141 e. The fraction of sp³-hybridized carbons (Fsp3) is 0.235. The van der Waals surface area contributed by atoms with Crippen molar-refractivity contribution < 1.29 is 0 Å². The number of benzene rings is 2. The minimum atomic E-state index is 0.525. The van der Waals surface area contributed by atoms with Gasteiger partial charge in [0.1, 0.15) is 5.82 Å². The molecule has 0 aliphatic carbocycles. The third-order valence-electron chi connectivity index (χ3n) is 3.53. The number of hydrogen-bond donors (Lipinski definition) is 0. The van der Waals surface area contributed by atoms with Gasteiger partial charge >= 0.3 is 0 Å². The molecule has 2 nitrogen and oxygen atoms in total. The van der Waals surface area contributed by atoms with Gasteiger partial charge in [0.2, 0.25) is 0 Å². The SMILES string of the molecule is CCCn1c(-c2ccc(CCl)cc2)nc2cccc(Cl)c21. The quantitative estimate of drug-likeness (QED) is 0.580. The van der Waals surface area contributed by atoms with Gasteiger partial charge in [-0.1, -0.05) is 48.9 Å². The third kappa shape index (κ3) is 2.66. The van der Waals surface area contributed by atoms with Crippen LogP contribution in [0.15, 0.2) is 42.5 Å². The van der Waals surface area contributed by atoms with Crippen molar-refractivity contribution in [2.45, 2.75) is 25.8 Å². The lowest BCUT2D eigenvalue weighted by Crippen LogP contribution is -2.00. The van der Waals surface area contributed by atoms with Crippen molar-refractivity contribution in [3.05, 3.63) is 53.1 Å². The second-order valence-electron chi connectivity index (χ2n) is 5.03. The number of aryl methyl sites for hydroxylation is 1. The van der Waals surface area contributed by atoms with Gasteiger partial charge in [-0.15, -0.1) is 11.6 Å². The minimum absolute atomic E-state index is 0.525. The van der Waals surface area contributed by atoms with E-state index in [-0.39, 0.29) is 0 Å². The zero-order valence-electron chi connectivity index (χ0n) is 11.8. The van der Waals surface area contributed by atoms with Gasteiger partial charge in [-0.2, -0.15) is 0 Å². The minimum Gasteiger partial charge on any atom is -0.323 e. The molecule has 0 aliphatic heterocycles. The Hall–Kier alpha value is -1.51. The first-order valence-electron chi connectivity index (χ1n) is 7.04. The van der Waals surface area contributed by atoms with Crippen molar-refractivity contribution in [2.24, 2.45) is 0 Å². The monoisotopic (exact) mass is 318 g/mol. The molecule has 0 atom stereocenters. The van der Waals surface area contributed by atoms with Gasteiger partial charge in [0, 0.05) is 18.0 Å². The molecular weight excluding hydrogens is 303 g/mol. The second kappa shape index (κ2) is 6.08. The van der Waals surface area contributed by atoms with Crippen LogP contribution in [0.1, 0.15) is 18.9 Å². The summed E-state index contributed by atoms with van der Waals surface area (Å²) in [5.41, 5.74) is 4.14. The predicted molar refractivity (Wildman–Crippen MR) is 90.0 cm³/mol. The zero-order valence-corrected chi connectivity index (χ0v) is 13.3. The van der Waals surface area contributed by atoms with Gasteiger partial charge in [0.25, 0.3) is 0 Å². The molecule has 0 fully saturated rings. The maximum atomic E-state index is 6.37. The highest BCUT2D eigenvalue weighted by atomic mass is 35.5. The molecule has 1 heterocycles. The van der Waals surface area contributed by atoms with E-state index in [0.717, 1.165) is 46.0 Å². The lowest BCUT2D eigenvalue weighted by atomic mass is 10.1. The number of imidazole rings is 1. The Bertz CT molecular complexity index is 760. The maximum absolute atomic E-state index is 6.37. The van der Waals surface area contributed by atoms with Crippen LogP contribution in [-0.2, 0) is 12.4 Å². The number of nitrogens with zero attached hydrogens (tertiary/aromatic N) is 2. The summed E-state index contributed by atoms with van der Waals surface area (Å²) in [4.78, 5) is 4.76. The number of alkyl halides is 1. The van der Waals surface area contributed by atoms with E-state index >= 15 is 0 Å². The van der Waals surface area contributed by atoms with Crippen molar-refractivity contribution in [2.75, 3.05) is 0 Å². The fourth-order valence-electron chi connectivity index (χ4n) is 2.55. The molecule has 4 heteroatoms. The summed E-state index contributed by atoms with van der Waals surface area (Å²) in [6.45, 7) is 3.05. The van der Waals surface area contributed by atoms with Gasteiger partial charge in [-0.3, -0.25) is 0 Å². The molecule has 108 valence electrons. The second-order valence-corrected chi connectivity index (χ2v) is 5.70. The van der Waals surface area contributed by atoms with E-state index in [0.29, 0.717) is 5.88 Å². The van der Waals surface area contributed by atoms with Crippen LogP contribution in [-0.4, -0.2) is 9.55 Å². The standard InChI is InChI=1S/C17H16Cl2N2/c1-2-10-21-16-14(19)4-3-5-15(16)20-17(21)13-8-6-12(11-18)7-9-13/h3-9H,2,10-11H2,1H3. The molecule has 0 aliphatic rings. The highest BCUT2D eigenvalue weighted by Crippen LogP contribution is 2.30. The average molecular weight is 319 g/mol. The van der Waals surface area contributed by atoms with Crippen LogP contribution in [0.2, 0.25) is 5.02 Å². The Morgan fingerprint density at radius 2 is 1.86 bits per heavy atom. The van der Waals surface area contributed by atoms with Crippen molar-refractivity contribution in [1.82, 2.24) is 9.55 Å². The number of hydrogen-bond acceptors (Lipinski definition) is 1. The van der Waals surface area contributed by atoms with Gasteiger partial charge in [-0.05, 0) is 24.1 Å². The van der Waals surface area contributed by atoms with Crippen LogP contribution in [0.4, 0.5) is 0 Å². The Kier molecular flexibility index (Phi) is 4.18. The molecule has 0 N–H and O–H groups in total. The fourth-order valence-corrected chi connectivity index (χ4v) is 3.00. The van der Waals surface area contributed by atoms with Crippen molar-refractivity contribution in [3.63, 3.8) is 0 Å². The third-order valence-corrected chi connectivity index (χ3v) is 4.14. The first kappa shape index (κ1) is 14.4. The van der Waals surface area contributed by atoms with E-state index in [4.69, 9.17) is 28.2 Å². The Balaban J connectivity index is 2.20. The molecule has 1 aromatic heterocycles. The van der Waals surface area contributed by atoms with Crippen molar-refractivity contribution in [1.29, 1.82) is 0 Å². The molecule has 0 bridgehead atoms. The topological polar surface area (TPSA) is 17.8 Å². The molecule has 0 spiro atoms. The number of rotatable bonds is 4. The summed E-state index contributed by atoms with van der Waals surface area (Å²) in [6, 6.07) is 14.1. The maximum Gasteiger partial charge on any atom is 0.141 e. The van der Waals surface area contributed by atoms with Gasteiger partial charge in [0.05, 0.1) is 16.1 Å². The Labute approximate surface area is 134 Å². The van der Waals surface area contributed by atoms with Gasteiger partial charge in [-0.25, -0.2) is 4.98 Å². The Morgan fingerprint density at radius 3 is 2.52 bits per heavy atom. The van der Waals surface area contributed by atoms with Gasteiger partial charge in [0.15, 0.2) is 0 Å². The highest BCUT2D eigenvalue weighted by Gasteiger charge is 2.14. The predicted octanol–water partition coefficient (Wildman–Crippen LogP) is 5.51. The molecular formula is C17H16Cl2N2. The van der Waals surface area contributed by atoms with Gasteiger partial charge < -0.3 is 4.57 Å². The van der Waals surface area contributed by atoms with E-state index < -0.39 is 0 Å². The lowest BCUT2D eigenvalue weighted by Gasteiger charge is -2.09. The van der Waals surface area contributed by atoms with Crippen LogP contribution in [0, 0.1) is 0 Å². The lowest BCUT2D eigenvalue weighted by molar-refractivity contribution is 0.704. The number of fused-ring (bicyclic) bond motifs is 1. The highest BCUT2D eigenvalue weighted by molar-refractivity contribution is 6.35. The van der Waals surface area contributed by atoms with Crippen molar-refractivity contribution >= 4 is 34.2 Å². The molecule has 0 unspecified atom stereocenters. The van der Waals surface area contributed by atoms with E-state index in [2.05, 4.69) is 23.6 Å². The summed E-state index contributed by atoms with van der Waals surface area (Å²) in [5.74, 6) is 1.48. The first-order chi connectivity index (χ1) is 10.2. The molecule has 2 aromatic carbocycles. The van der Waals surface area contributed by atoms with Crippen LogP contribution < -0.4 is 0 Å². The Morgan fingerprint density at radius 1 is 1.10 bits per heavy atom. The average Bonchev–Trinajstić information content (AvgIpc) is 2.88. The molecule has 0 radical (unpaired) electrons. The van der Waals surface area contributed by atoms with Crippen LogP contribution in [0.25, 0.3) is 22.4 Å². The molecule has 0 amide bonds. The first-order valence-corrected chi connectivity index (χ1v) is 7.96. The molecule has 21 heavy (non-hydrogen) atoms. The summed E-state index contributed by atoms with van der Waals surface area (Å²) in [6.07, 6.45) is 1.03.